The van der Waals surface area contributed by atoms with Gasteiger partial charge in [-0.05, 0) is 32.8 Å². The first kappa shape index (κ1) is 21.2. The minimum absolute atomic E-state index is 0.287. The minimum Gasteiger partial charge on any atom is -0.456 e. The molecule has 8 nitrogen and oxygen atoms in total. The van der Waals surface area contributed by atoms with Crippen LogP contribution in [0.5, 0.6) is 0 Å². The number of nitrogens with zero attached hydrogens (tertiary/aromatic N) is 2. The van der Waals surface area contributed by atoms with E-state index in [1.807, 2.05) is 18.4 Å². The van der Waals surface area contributed by atoms with Crippen molar-refractivity contribution < 1.29 is 28.7 Å². The van der Waals surface area contributed by atoms with Gasteiger partial charge < -0.3 is 14.0 Å². The Morgan fingerprint density at radius 1 is 1.10 bits per heavy atom. The number of aromatic nitrogens is 1. The number of hydrogen-bond acceptors (Lipinski definition) is 6. The number of ketones is 1. The van der Waals surface area contributed by atoms with Gasteiger partial charge in [-0.1, -0.05) is 12.8 Å². The van der Waals surface area contributed by atoms with Gasteiger partial charge in [0, 0.05) is 30.6 Å². The van der Waals surface area contributed by atoms with E-state index in [2.05, 4.69) is 0 Å². The summed E-state index contributed by atoms with van der Waals surface area (Å²) in [7, 11) is 1.62. The Bertz CT molecular complexity index is 803. The molecule has 0 N–H and O–H groups in total. The quantitative estimate of drug-likeness (QED) is 0.371. The SMILES string of the molecule is COCCn1c(C)cc(C(=O)COC(=O)CN2C(=O)[C@H]3CCCC[C@@H]3C2=O)c1C. The zero-order valence-electron chi connectivity index (χ0n) is 17.2. The molecule has 2 fully saturated rings. The highest BCUT2D eigenvalue weighted by molar-refractivity contribution is 6.07. The molecule has 2 aliphatic rings. The van der Waals surface area contributed by atoms with Gasteiger partial charge in [-0.15, -0.1) is 0 Å². The lowest BCUT2D eigenvalue weighted by atomic mass is 9.81. The van der Waals surface area contributed by atoms with Crippen molar-refractivity contribution in [3.8, 4) is 0 Å². The van der Waals surface area contributed by atoms with E-state index in [0.29, 0.717) is 31.6 Å². The summed E-state index contributed by atoms with van der Waals surface area (Å²) >= 11 is 0. The van der Waals surface area contributed by atoms with Crippen LogP contribution in [0.15, 0.2) is 6.07 Å². The van der Waals surface area contributed by atoms with Crippen molar-refractivity contribution in [1.82, 2.24) is 9.47 Å². The Kier molecular flexibility index (Phi) is 6.52. The van der Waals surface area contributed by atoms with Gasteiger partial charge in [-0.25, -0.2) is 0 Å². The first-order chi connectivity index (χ1) is 13.8. The molecular formula is C21H28N2O6. The molecule has 2 amide bonds. The van der Waals surface area contributed by atoms with Gasteiger partial charge in [-0.2, -0.15) is 0 Å². The Hall–Kier alpha value is -2.48. The molecule has 1 aromatic heterocycles. The van der Waals surface area contributed by atoms with Crippen molar-refractivity contribution in [3.05, 3.63) is 23.0 Å². The number of aryl methyl sites for hydroxylation is 1. The van der Waals surface area contributed by atoms with Crippen molar-refractivity contribution in [3.63, 3.8) is 0 Å². The van der Waals surface area contributed by atoms with Crippen LogP contribution in [0.1, 0.15) is 47.4 Å². The second kappa shape index (κ2) is 8.90. The maximum atomic E-state index is 12.5. The molecule has 158 valence electrons. The molecule has 0 aromatic carbocycles. The van der Waals surface area contributed by atoms with Crippen LogP contribution in [-0.2, 0) is 30.4 Å². The van der Waals surface area contributed by atoms with Crippen LogP contribution in [0.3, 0.4) is 0 Å². The van der Waals surface area contributed by atoms with Crippen LogP contribution in [0.25, 0.3) is 0 Å². The summed E-state index contributed by atoms with van der Waals surface area (Å²) in [5.74, 6) is -2.24. The van der Waals surface area contributed by atoms with Crippen LogP contribution >= 0.6 is 0 Å². The van der Waals surface area contributed by atoms with Crippen molar-refractivity contribution >= 4 is 23.6 Å². The third kappa shape index (κ3) is 4.27. The Labute approximate surface area is 170 Å². The number of imide groups is 1. The number of amides is 2. The molecule has 0 spiro atoms. The van der Waals surface area contributed by atoms with Crippen molar-refractivity contribution in [1.29, 1.82) is 0 Å². The Balaban J connectivity index is 1.56. The molecule has 29 heavy (non-hydrogen) atoms. The molecule has 1 aliphatic heterocycles. The molecule has 1 aromatic rings. The first-order valence-electron chi connectivity index (χ1n) is 10.0. The highest BCUT2D eigenvalue weighted by Crippen LogP contribution is 2.37. The van der Waals surface area contributed by atoms with Crippen molar-refractivity contribution in [2.75, 3.05) is 26.9 Å². The number of methoxy groups -OCH3 is 1. The van der Waals surface area contributed by atoms with E-state index < -0.39 is 19.1 Å². The number of carbonyl (C=O) groups excluding carboxylic acids is 4. The van der Waals surface area contributed by atoms with Crippen LogP contribution in [0.2, 0.25) is 0 Å². The van der Waals surface area contributed by atoms with Gasteiger partial charge in [0.15, 0.2) is 6.61 Å². The van der Waals surface area contributed by atoms with E-state index in [1.54, 1.807) is 13.2 Å². The summed E-state index contributed by atoms with van der Waals surface area (Å²) < 4.78 is 12.1. The number of hydrogen-bond donors (Lipinski definition) is 0. The Morgan fingerprint density at radius 3 is 2.31 bits per heavy atom. The lowest BCUT2D eigenvalue weighted by Crippen LogP contribution is -2.37. The monoisotopic (exact) mass is 404 g/mol. The molecular weight excluding hydrogens is 376 g/mol. The largest absolute Gasteiger partial charge is 0.456 e. The van der Waals surface area contributed by atoms with E-state index in [4.69, 9.17) is 9.47 Å². The maximum Gasteiger partial charge on any atom is 0.326 e. The average molecular weight is 404 g/mol. The molecule has 1 aliphatic carbocycles. The maximum absolute atomic E-state index is 12.5. The van der Waals surface area contributed by atoms with Crippen molar-refractivity contribution in [2.45, 2.75) is 46.1 Å². The van der Waals surface area contributed by atoms with E-state index in [0.717, 1.165) is 29.1 Å². The molecule has 0 unspecified atom stereocenters. The highest BCUT2D eigenvalue weighted by atomic mass is 16.5. The zero-order chi connectivity index (χ0) is 21.1. The van der Waals surface area contributed by atoms with E-state index in [1.165, 1.54) is 0 Å². The predicted molar refractivity (Wildman–Crippen MR) is 103 cm³/mol. The van der Waals surface area contributed by atoms with Gasteiger partial charge in [-0.3, -0.25) is 24.1 Å². The fourth-order valence-electron chi connectivity index (χ4n) is 4.40. The van der Waals surface area contributed by atoms with Gasteiger partial charge in [0.25, 0.3) is 0 Å². The molecule has 3 rings (SSSR count). The fourth-order valence-corrected chi connectivity index (χ4v) is 4.40. The number of esters is 1. The molecule has 1 saturated carbocycles. The van der Waals surface area contributed by atoms with Crippen LogP contribution in [-0.4, -0.2) is 59.9 Å². The van der Waals surface area contributed by atoms with E-state index in [-0.39, 0.29) is 29.4 Å². The summed E-state index contributed by atoms with van der Waals surface area (Å²) in [4.78, 5) is 50.6. The molecule has 8 heteroatoms. The van der Waals surface area contributed by atoms with E-state index >= 15 is 0 Å². The van der Waals surface area contributed by atoms with Gasteiger partial charge in [0.2, 0.25) is 17.6 Å². The topological polar surface area (TPSA) is 94.9 Å². The second-order valence-electron chi connectivity index (χ2n) is 7.77. The van der Waals surface area contributed by atoms with Gasteiger partial charge in [0.05, 0.1) is 18.4 Å². The third-order valence-electron chi connectivity index (χ3n) is 5.98. The summed E-state index contributed by atoms with van der Waals surface area (Å²) in [5, 5.41) is 0. The van der Waals surface area contributed by atoms with Crippen LogP contribution in [0.4, 0.5) is 0 Å². The summed E-state index contributed by atoms with van der Waals surface area (Å²) in [6.45, 7) is 4.04. The summed E-state index contributed by atoms with van der Waals surface area (Å²) in [6, 6.07) is 1.76. The molecule has 1 saturated heterocycles. The number of likely N-dealkylation sites (tertiary alicyclic amines) is 1. The third-order valence-corrected chi connectivity index (χ3v) is 5.98. The Morgan fingerprint density at radius 2 is 1.72 bits per heavy atom. The normalized spacial score (nSPS) is 21.4. The fraction of sp³-hybridized carbons (Fsp3) is 0.619. The predicted octanol–water partition coefficient (Wildman–Crippen LogP) is 1.65. The first-order valence-corrected chi connectivity index (χ1v) is 10.0. The number of Topliss-reactive ketones (excluding diaryl/α,β-unsaturated/α-hetero) is 1. The van der Waals surface area contributed by atoms with Crippen LogP contribution < -0.4 is 0 Å². The zero-order valence-corrected chi connectivity index (χ0v) is 17.2. The standard InChI is InChI=1S/C21H28N2O6/c1-13-10-17(14(2)22(13)8-9-28-3)18(24)12-29-19(25)11-23-20(26)15-6-4-5-7-16(15)21(23)27/h10,15-16H,4-9,11-12H2,1-3H3/t15-,16-/m0/s1. The van der Waals surface area contributed by atoms with Crippen LogP contribution in [0, 0.1) is 25.7 Å². The summed E-state index contributed by atoms with van der Waals surface area (Å²) in [6.07, 6.45) is 3.24. The summed E-state index contributed by atoms with van der Waals surface area (Å²) in [5.41, 5.74) is 2.20. The smallest absolute Gasteiger partial charge is 0.326 e. The molecule has 2 atom stereocenters. The highest BCUT2D eigenvalue weighted by Gasteiger charge is 2.48. The van der Waals surface area contributed by atoms with Crippen molar-refractivity contribution in [2.24, 2.45) is 11.8 Å². The molecule has 2 heterocycles. The lowest BCUT2D eigenvalue weighted by molar-refractivity contribution is -0.152. The molecule has 0 radical (unpaired) electrons. The number of ether oxygens (including phenoxy) is 2. The van der Waals surface area contributed by atoms with Gasteiger partial charge >= 0.3 is 5.97 Å². The number of carbonyl (C=O) groups is 4. The second-order valence-corrected chi connectivity index (χ2v) is 7.77. The molecule has 0 bridgehead atoms. The number of fused-ring (bicyclic) bond motifs is 1. The van der Waals surface area contributed by atoms with E-state index in [9.17, 15) is 19.2 Å². The number of rotatable bonds is 8. The lowest BCUT2D eigenvalue weighted by Gasteiger charge is -2.19. The average Bonchev–Trinajstić information content (AvgIpc) is 3.13. The van der Waals surface area contributed by atoms with Gasteiger partial charge in [0.1, 0.15) is 6.54 Å². The minimum atomic E-state index is -0.744.